The van der Waals surface area contributed by atoms with Crippen molar-refractivity contribution in [1.29, 1.82) is 0 Å². The Labute approximate surface area is 144 Å². The molecule has 1 aliphatic carbocycles. The van der Waals surface area contributed by atoms with E-state index in [9.17, 15) is 9.18 Å². The SMILES string of the molecule is Cn1ccc(=O)c2cc3cc(F)c(N4CC(NC5CC5)C4)cc3nc21. The fraction of sp³-hybridized carbons (Fsp3) is 0.368. The first kappa shape index (κ1) is 14.8. The maximum absolute atomic E-state index is 14.6. The minimum Gasteiger partial charge on any atom is -0.366 e. The summed E-state index contributed by atoms with van der Waals surface area (Å²) in [5.74, 6) is -0.258. The third-order valence-corrected chi connectivity index (χ3v) is 5.18. The predicted octanol–water partition coefficient (Wildman–Crippen LogP) is 2.17. The molecule has 2 aliphatic rings. The number of aryl methyl sites for hydroxylation is 1. The zero-order valence-corrected chi connectivity index (χ0v) is 14.0. The van der Waals surface area contributed by atoms with E-state index in [0.29, 0.717) is 39.7 Å². The second-order valence-corrected chi connectivity index (χ2v) is 7.19. The second kappa shape index (κ2) is 5.26. The Morgan fingerprint density at radius 1 is 1.20 bits per heavy atom. The van der Waals surface area contributed by atoms with Gasteiger partial charge < -0.3 is 14.8 Å². The molecule has 0 unspecified atom stereocenters. The topological polar surface area (TPSA) is 50.2 Å². The fourth-order valence-corrected chi connectivity index (χ4v) is 3.57. The molecule has 0 amide bonds. The summed E-state index contributed by atoms with van der Waals surface area (Å²) in [4.78, 5) is 18.7. The van der Waals surface area contributed by atoms with E-state index in [4.69, 9.17) is 0 Å². The number of pyridine rings is 2. The Morgan fingerprint density at radius 3 is 2.76 bits per heavy atom. The van der Waals surface area contributed by atoms with Crippen LogP contribution in [-0.2, 0) is 7.05 Å². The lowest BCUT2D eigenvalue weighted by atomic mass is 10.1. The van der Waals surface area contributed by atoms with Gasteiger partial charge in [0, 0.05) is 49.9 Å². The van der Waals surface area contributed by atoms with Gasteiger partial charge in [-0.25, -0.2) is 9.37 Å². The van der Waals surface area contributed by atoms with Crippen molar-refractivity contribution in [1.82, 2.24) is 14.9 Å². The Hall–Kier alpha value is -2.47. The summed E-state index contributed by atoms with van der Waals surface area (Å²) in [5, 5.41) is 4.74. The first-order valence-corrected chi connectivity index (χ1v) is 8.69. The molecule has 1 saturated carbocycles. The van der Waals surface area contributed by atoms with Crippen LogP contribution in [0.15, 0.2) is 35.3 Å². The van der Waals surface area contributed by atoms with Gasteiger partial charge in [-0.1, -0.05) is 0 Å². The molecule has 1 aliphatic heterocycles. The van der Waals surface area contributed by atoms with E-state index >= 15 is 0 Å². The molecule has 3 aromatic rings. The number of halogens is 1. The maximum Gasteiger partial charge on any atom is 0.191 e. The summed E-state index contributed by atoms with van der Waals surface area (Å²) >= 11 is 0. The lowest BCUT2D eigenvalue weighted by Gasteiger charge is -2.41. The number of rotatable bonds is 3. The van der Waals surface area contributed by atoms with Crippen molar-refractivity contribution in [2.45, 2.75) is 24.9 Å². The van der Waals surface area contributed by atoms with Gasteiger partial charge in [0.25, 0.3) is 0 Å². The van der Waals surface area contributed by atoms with Crippen LogP contribution in [0.5, 0.6) is 0 Å². The van der Waals surface area contributed by atoms with Crippen molar-refractivity contribution in [3.63, 3.8) is 0 Å². The van der Waals surface area contributed by atoms with Gasteiger partial charge in [-0.15, -0.1) is 0 Å². The van der Waals surface area contributed by atoms with E-state index < -0.39 is 0 Å². The van der Waals surface area contributed by atoms with Crippen LogP contribution in [0.2, 0.25) is 0 Å². The lowest BCUT2D eigenvalue weighted by molar-refractivity contribution is 0.412. The van der Waals surface area contributed by atoms with Crippen LogP contribution >= 0.6 is 0 Å². The van der Waals surface area contributed by atoms with Crippen molar-refractivity contribution < 1.29 is 4.39 Å². The van der Waals surface area contributed by atoms with Crippen LogP contribution < -0.4 is 15.6 Å². The van der Waals surface area contributed by atoms with E-state index in [1.807, 2.05) is 16.5 Å². The number of anilines is 1. The lowest BCUT2D eigenvalue weighted by Crippen LogP contribution is -2.58. The molecular formula is C19H19FN4O. The normalized spacial score (nSPS) is 18.1. The van der Waals surface area contributed by atoms with Crippen LogP contribution in [-0.4, -0.2) is 34.7 Å². The fourth-order valence-electron chi connectivity index (χ4n) is 3.57. The second-order valence-electron chi connectivity index (χ2n) is 7.19. The number of nitrogens with one attached hydrogen (secondary N) is 1. The monoisotopic (exact) mass is 338 g/mol. The van der Waals surface area contributed by atoms with Crippen molar-refractivity contribution in [3.05, 3.63) is 46.5 Å². The Balaban J connectivity index is 1.54. The molecule has 1 N–H and O–H groups in total. The van der Waals surface area contributed by atoms with Gasteiger partial charge in [0.1, 0.15) is 11.5 Å². The molecule has 3 heterocycles. The summed E-state index contributed by atoms with van der Waals surface area (Å²) in [7, 11) is 1.86. The smallest absolute Gasteiger partial charge is 0.191 e. The van der Waals surface area contributed by atoms with Crippen LogP contribution in [0.3, 0.4) is 0 Å². The molecule has 128 valence electrons. The molecule has 25 heavy (non-hydrogen) atoms. The minimum absolute atomic E-state index is 0.0938. The zero-order valence-electron chi connectivity index (χ0n) is 14.0. The largest absolute Gasteiger partial charge is 0.366 e. The molecule has 2 fully saturated rings. The van der Waals surface area contributed by atoms with Crippen LogP contribution in [0.1, 0.15) is 12.8 Å². The van der Waals surface area contributed by atoms with Crippen molar-refractivity contribution in [2.75, 3.05) is 18.0 Å². The molecule has 0 atom stereocenters. The maximum atomic E-state index is 14.6. The Kier molecular flexibility index (Phi) is 3.12. The number of fused-ring (bicyclic) bond motifs is 2. The van der Waals surface area contributed by atoms with Crippen molar-refractivity contribution >= 4 is 27.6 Å². The van der Waals surface area contributed by atoms with Gasteiger partial charge in [0.05, 0.1) is 16.6 Å². The predicted molar refractivity (Wildman–Crippen MR) is 96.6 cm³/mol. The van der Waals surface area contributed by atoms with Crippen LogP contribution in [0, 0.1) is 5.82 Å². The average Bonchev–Trinajstić information content (AvgIpc) is 3.37. The summed E-state index contributed by atoms with van der Waals surface area (Å²) in [6.45, 7) is 1.65. The van der Waals surface area contributed by atoms with Crippen molar-refractivity contribution in [3.8, 4) is 0 Å². The Bertz CT molecular complexity index is 1050. The highest BCUT2D eigenvalue weighted by Gasteiger charge is 2.33. The first-order valence-electron chi connectivity index (χ1n) is 8.69. The summed E-state index contributed by atoms with van der Waals surface area (Å²) in [6.07, 6.45) is 4.23. The zero-order chi connectivity index (χ0) is 17.1. The van der Waals surface area contributed by atoms with Crippen LogP contribution in [0.25, 0.3) is 21.9 Å². The number of benzene rings is 1. The van der Waals surface area contributed by atoms with E-state index in [-0.39, 0.29) is 11.2 Å². The third-order valence-electron chi connectivity index (χ3n) is 5.18. The van der Waals surface area contributed by atoms with Gasteiger partial charge >= 0.3 is 0 Å². The highest BCUT2D eigenvalue weighted by atomic mass is 19.1. The van der Waals surface area contributed by atoms with Crippen LogP contribution in [0.4, 0.5) is 10.1 Å². The molecule has 2 aromatic heterocycles. The molecule has 0 spiro atoms. The standard InChI is InChI=1S/C19H19FN4O/c1-23-5-4-18(25)14-6-11-7-15(20)17(8-16(11)22-19(14)23)24-9-13(10-24)21-12-2-3-12/h4-8,12-13,21H,2-3,9-10H2,1H3. The molecular weight excluding hydrogens is 319 g/mol. The number of hydrogen-bond acceptors (Lipinski definition) is 4. The quantitative estimate of drug-likeness (QED) is 0.744. The molecule has 6 heteroatoms. The molecule has 5 rings (SSSR count). The number of aromatic nitrogens is 2. The molecule has 1 saturated heterocycles. The first-order chi connectivity index (χ1) is 12.1. The van der Waals surface area contributed by atoms with Gasteiger partial charge in [-0.2, -0.15) is 0 Å². The highest BCUT2D eigenvalue weighted by molar-refractivity contribution is 5.92. The number of hydrogen-bond donors (Lipinski definition) is 1. The van der Waals surface area contributed by atoms with Gasteiger partial charge in [-0.3, -0.25) is 4.79 Å². The highest BCUT2D eigenvalue weighted by Crippen LogP contribution is 2.30. The molecule has 5 nitrogen and oxygen atoms in total. The van der Waals surface area contributed by atoms with E-state index in [1.54, 1.807) is 18.3 Å². The molecule has 0 bridgehead atoms. The van der Waals surface area contributed by atoms with Crippen molar-refractivity contribution in [2.24, 2.45) is 7.05 Å². The van der Waals surface area contributed by atoms with E-state index in [0.717, 1.165) is 13.1 Å². The summed E-state index contributed by atoms with van der Waals surface area (Å²) < 4.78 is 16.4. The Morgan fingerprint density at radius 2 is 2.00 bits per heavy atom. The molecule has 1 aromatic carbocycles. The average molecular weight is 338 g/mol. The summed E-state index contributed by atoms with van der Waals surface area (Å²) in [5.41, 5.74) is 1.83. The number of nitrogens with zero attached hydrogens (tertiary/aromatic N) is 3. The van der Waals surface area contributed by atoms with Gasteiger partial charge in [0.2, 0.25) is 0 Å². The molecule has 0 radical (unpaired) electrons. The van der Waals surface area contributed by atoms with E-state index in [2.05, 4.69) is 10.3 Å². The summed E-state index contributed by atoms with van der Waals surface area (Å²) in [6, 6.07) is 7.66. The van der Waals surface area contributed by atoms with Gasteiger partial charge in [-0.05, 0) is 31.0 Å². The minimum atomic E-state index is -0.258. The van der Waals surface area contributed by atoms with Gasteiger partial charge in [0.15, 0.2) is 5.43 Å². The third kappa shape index (κ3) is 2.48. The van der Waals surface area contributed by atoms with E-state index in [1.165, 1.54) is 25.0 Å².